The van der Waals surface area contributed by atoms with Crippen molar-refractivity contribution in [2.24, 2.45) is 0 Å². The highest BCUT2D eigenvalue weighted by atomic mass is 35.5. The normalized spacial score (nSPS) is 12.3. The highest BCUT2D eigenvalue weighted by Crippen LogP contribution is 2.33. The van der Waals surface area contributed by atoms with E-state index in [1.54, 1.807) is 24.3 Å². The minimum absolute atomic E-state index is 0.125. The largest absolute Gasteiger partial charge is 0.486 e. The lowest BCUT2D eigenvalue weighted by Crippen LogP contribution is -2.17. The first-order valence-corrected chi connectivity index (χ1v) is 11.5. The molecule has 0 saturated heterocycles. The van der Waals surface area contributed by atoms with Crippen LogP contribution in [0.25, 0.3) is 0 Å². The molecule has 0 bridgehead atoms. The minimum atomic E-state index is -0.425. The Labute approximate surface area is 195 Å². The summed E-state index contributed by atoms with van der Waals surface area (Å²) in [4.78, 5) is 24.6. The maximum absolute atomic E-state index is 12.3. The fraction of sp³-hybridized carbons (Fsp3) is 0.158. The number of fused-ring (bicyclic) bond motifs is 1. The van der Waals surface area contributed by atoms with Crippen LogP contribution in [0.3, 0.4) is 0 Å². The van der Waals surface area contributed by atoms with Gasteiger partial charge in [0, 0.05) is 16.8 Å². The number of thioether (sulfide) groups is 1. The smallest absolute Gasteiger partial charge is 0.259 e. The Kier molecular flexibility index (Phi) is 6.81. The van der Waals surface area contributed by atoms with E-state index in [9.17, 15) is 9.59 Å². The maximum atomic E-state index is 12.3. The molecule has 2 heterocycles. The van der Waals surface area contributed by atoms with Crippen molar-refractivity contribution in [1.29, 1.82) is 0 Å². The Bertz CT molecular complexity index is 1140. The standard InChI is InChI=1S/C19H14Cl2N4O4S2/c20-10-1-3-12(13(21)7-10)17(27)23-18-24-25-19(31-18)30-9-16(26)22-11-2-4-14-15(8-11)29-6-5-28-14/h1-4,7-8H,5-6,9H2,(H,22,26)(H,23,24,27). The number of benzene rings is 2. The molecular weight excluding hydrogens is 483 g/mol. The van der Waals surface area contributed by atoms with Gasteiger partial charge in [0.2, 0.25) is 11.0 Å². The number of carbonyl (C=O) groups is 2. The Morgan fingerprint density at radius 3 is 2.65 bits per heavy atom. The second-order valence-corrected chi connectivity index (χ2v) is 9.19. The van der Waals surface area contributed by atoms with Gasteiger partial charge < -0.3 is 14.8 Å². The van der Waals surface area contributed by atoms with Gasteiger partial charge in [0.15, 0.2) is 15.8 Å². The summed E-state index contributed by atoms with van der Waals surface area (Å²) in [7, 11) is 0. The summed E-state index contributed by atoms with van der Waals surface area (Å²) >= 11 is 14.3. The van der Waals surface area contributed by atoms with Gasteiger partial charge in [0.1, 0.15) is 13.2 Å². The van der Waals surface area contributed by atoms with Crippen molar-refractivity contribution in [3.63, 3.8) is 0 Å². The van der Waals surface area contributed by atoms with E-state index < -0.39 is 5.91 Å². The summed E-state index contributed by atoms with van der Waals surface area (Å²) in [5.74, 6) is 0.741. The highest BCUT2D eigenvalue weighted by Gasteiger charge is 2.16. The van der Waals surface area contributed by atoms with Gasteiger partial charge in [-0.2, -0.15) is 0 Å². The van der Waals surface area contributed by atoms with Crippen LogP contribution in [0, 0.1) is 0 Å². The van der Waals surface area contributed by atoms with E-state index in [0.717, 1.165) is 11.3 Å². The number of anilines is 2. The van der Waals surface area contributed by atoms with Crippen LogP contribution < -0.4 is 20.1 Å². The van der Waals surface area contributed by atoms with Crippen LogP contribution in [0.1, 0.15) is 10.4 Å². The van der Waals surface area contributed by atoms with Crippen molar-refractivity contribution in [3.8, 4) is 11.5 Å². The average molecular weight is 497 g/mol. The highest BCUT2D eigenvalue weighted by molar-refractivity contribution is 8.01. The molecule has 0 aliphatic carbocycles. The van der Waals surface area contributed by atoms with Gasteiger partial charge in [-0.05, 0) is 30.3 Å². The van der Waals surface area contributed by atoms with E-state index in [1.165, 1.54) is 23.9 Å². The van der Waals surface area contributed by atoms with Crippen LogP contribution in [0.4, 0.5) is 10.8 Å². The van der Waals surface area contributed by atoms with Crippen molar-refractivity contribution >= 4 is 68.9 Å². The first-order valence-electron chi connectivity index (χ1n) is 8.90. The first-order chi connectivity index (χ1) is 15.0. The molecule has 2 N–H and O–H groups in total. The third kappa shape index (κ3) is 5.59. The van der Waals surface area contributed by atoms with Crippen molar-refractivity contribution in [2.75, 3.05) is 29.6 Å². The summed E-state index contributed by atoms with van der Waals surface area (Å²) in [6.07, 6.45) is 0. The molecule has 160 valence electrons. The monoisotopic (exact) mass is 496 g/mol. The van der Waals surface area contributed by atoms with E-state index in [2.05, 4.69) is 20.8 Å². The molecule has 2 aromatic carbocycles. The zero-order valence-electron chi connectivity index (χ0n) is 15.7. The molecule has 2 amide bonds. The number of rotatable bonds is 6. The number of hydrogen-bond acceptors (Lipinski definition) is 8. The van der Waals surface area contributed by atoms with E-state index in [-0.39, 0.29) is 22.2 Å². The Morgan fingerprint density at radius 2 is 1.84 bits per heavy atom. The number of nitrogens with one attached hydrogen (secondary N) is 2. The summed E-state index contributed by atoms with van der Waals surface area (Å²) in [6.45, 7) is 0.979. The van der Waals surface area contributed by atoms with E-state index >= 15 is 0 Å². The van der Waals surface area contributed by atoms with Crippen molar-refractivity contribution in [3.05, 3.63) is 52.0 Å². The molecule has 12 heteroatoms. The first kappa shape index (κ1) is 21.7. The molecule has 1 aromatic heterocycles. The minimum Gasteiger partial charge on any atom is -0.486 e. The average Bonchev–Trinajstić information content (AvgIpc) is 3.19. The van der Waals surface area contributed by atoms with Gasteiger partial charge in [-0.15, -0.1) is 10.2 Å². The number of halogens is 2. The molecule has 1 aliphatic rings. The zero-order chi connectivity index (χ0) is 21.8. The number of aromatic nitrogens is 2. The van der Waals surface area contributed by atoms with E-state index in [4.69, 9.17) is 32.7 Å². The van der Waals surface area contributed by atoms with Gasteiger partial charge in [0.05, 0.1) is 16.3 Å². The Hall–Kier alpha value is -2.53. The second kappa shape index (κ2) is 9.73. The molecule has 0 saturated carbocycles. The third-order valence-corrected chi connectivity index (χ3v) is 6.48. The lowest BCUT2D eigenvalue weighted by atomic mass is 10.2. The molecule has 0 spiro atoms. The van der Waals surface area contributed by atoms with Crippen LogP contribution in [-0.4, -0.2) is 41.0 Å². The molecule has 31 heavy (non-hydrogen) atoms. The molecular formula is C19H14Cl2N4O4S2. The SMILES string of the molecule is O=C(CSc1nnc(NC(=O)c2ccc(Cl)cc2Cl)s1)Nc1ccc2c(c1)OCCO2. The number of carbonyl (C=O) groups excluding carboxylic acids is 2. The molecule has 0 radical (unpaired) electrons. The number of nitrogens with zero attached hydrogens (tertiary/aromatic N) is 2. The molecule has 1 aliphatic heterocycles. The third-order valence-electron chi connectivity index (χ3n) is 3.96. The lowest BCUT2D eigenvalue weighted by Gasteiger charge is -2.18. The van der Waals surface area contributed by atoms with Crippen LogP contribution in [0.2, 0.25) is 10.0 Å². The van der Waals surface area contributed by atoms with Gasteiger partial charge >= 0.3 is 0 Å². The number of amides is 2. The summed E-state index contributed by atoms with van der Waals surface area (Å²) in [5.41, 5.74) is 0.884. The van der Waals surface area contributed by atoms with E-state index in [1.807, 2.05) is 0 Å². The van der Waals surface area contributed by atoms with Gasteiger partial charge in [-0.25, -0.2) is 0 Å². The van der Waals surface area contributed by atoms with Gasteiger partial charge in [-0.3, -0.25) is 14.9 Å². The van der Waals surface area contributed by atoms with Crippen LogP contribution in [-0.2, 0) is 4.79 Å². The van der Waals surface area contributed by atoms with Crippen molar-refractivity contribution in [1.82, 2.24) is 10.2 Å². The Balaban J connectivity index is 1.30. The number of ether oxygens (including phenoxy) is 2. The summed E-state index contributed by atoms with van der Waals surface area (Å²) in [5, 5.41) is 14.3. The molecule has 3 aromatic rings. The molecule has 4 rings (SSSR count). The lowest BCUT2D eigenvalue weighted by molar-refractivity contribution is -0.113. The maximum Gasteiger partial charge on any atom is 0.259 e. The zero-order valence-corrected chi connectivity index (χ0v) is 18.8. The van der Waals surface area contributed by atoms with Crippen LogP contribution in [0.15, 0.2) is 40.7 Å². The van der Waals surface area contributed by atoms with Gasteiger partial charge in [0.25, 0.3) is 5.91 Å². The molecule has 8 nitrogen and oxygen atoms in total. The molecule has 0 unspecified atom stereocenters. The van der Waals surface area contributed by atoms with Crippen LogP contribution >= 0.6 is 46.3 Å². The van der Waals surface area contributed by atoms with Crippen molar-refractivity contribution in [2.45, 2.75) is 4.34 Å². The predicted molar refractivity (Wildman–Crippen MR) is 121 cm³/mol. The van der Waals surface area contributed by atoms with Crippen molar-refractivity contribution < 1.29 is 19.1 Å². The molecule has 0 atom stereocenters. The topological polar surface area (TPSA) is 102 Å². The van der Waals surface area contributed by atoms with E-state index in [0.29, 0.717) is 44.9 Å². The Morgan fingerprint density at radius 1 is 1.03 bits per heavy atom. The molecule has 0 fully saturated rings. The predicted octanol–water partition coefficient (Wildman–Crippen LogP) is 4.60. The van der Waals surface area contributed by atoms with Gasteiger partial charge in [-0.1, -0.05) is 46.3 Å². The quantitative estimate of drug-likeness (QED) is 0.379. The fourth-order valence-corrected chi connectivity index (χ4v) is 4.64. The summed E-state index contributed by atoms with van der Waals surface area (Å²) in [6, 6.07) is 9.81. The fourth-order valence-electron chi connectivity index (χ4n) is 2.60. The second-order valence-electron chi connectivity index (χ2n) is 6.15. The summed E-state index contributed by atoms with van der Waals surface area (Å²) < 4.78 is 11.5. The van der Waals surface area contributed by atoms with Crippen LogP contribution in [0.5, 0.6) is 11.5 Å². The number of hydrogen-bond donors (Lipinski definition) is 2.